The molecule has 0 unspecified atom stereocenters. The molecule has 0 bridgehead atoms. The van der Waals surface area contributed by atoms with Gasteiger partial charge >= 0.3 is 6.03 Å². The summed E-state index contributed by atoms with van der Waals surface area (Å²) in [6.07, 6.45) is 6.56. The van der Waals surface area contributed by atoms with Crippen LogP contribution in [0.3, 0.4) is 0 Å². The van der Waals surface area contributed by atoms with E-state index in [9.17, 15) is 9.18 Å². The van der Waals surface area contributed by atoms with Gasteiger partial charge in [0.05, 0.1) is 30.7 Å². The van der Waals surface area contributed by atoms with Crippen LogP contribution < -0.4 is 9.80 Å². The molecule has 0 aromatic carbocycles. The summed E-state index contributed by atoms with van der Waals surface area (Å²) in [5.41, 5.74) is 2.28. The standard InChI is InChI=1S/C19H17FN6O.ClH/c20-14-5-7-24(10-14)17-4-3-13(8-22-17)16-11-26-18(23-16)12-25(19(26)27)15-2-1-6-21-9-15;/h1-4,6,8-9,11,14H,5,7,10,12H2;1H/t14-;/m0./s1. The Morgan fingerprint density at radius 3 is 2.71 bits per heavy atom. The number of amides is 1. The summed E-state index contributed by atoms with van der Waals surface area (Å²) in [6.45, 7) is 1.48. The normalized spacial score (nSPS) is 18.3. The molecular weight excluding hydrogens is 383 g/mol. The Hall–Kier alpha value is -3.00. The Balaban J connectivity index is 0.00000192. The molecule has 0 N–H and O–H groups in total. The van der Waals surface area contributed by atoms with Crippen LogP contribution in [0.1, 0.15) is 12.2 Å². The third-order valence-corrected chi connectivity index (χ3v) is 4.97. The number of nitrogens with zero attached hydrogens (tertiary/aromatic N) is 6. The van der Waals surface area contributed by atoms with E-state index >= 15 is 0 Å². The molecule has 5 heterocycles. The number of carbonyl (C=O) groups is 1. The number of anilines is 2. The van der Waals surface area contributed by atoms with Crippen molar-refractivity contribution in [3.8, 4) is 11.3 Å². The number of pyridine rings is 2. The molecule has 0 saturated carbocycles. The van der Waals surface area contributed by atoms with Gasteiger partial charge in [0.2, 0.25) is 0 Å². The first-order chi connectivity index (χ1) is 13.2. The minimum absolute atomic E-state index is 0. The Morgan fingerprint density at radius 2 is 2.07 bits per heavy atom. The molecule has 7 nitrogen and oxygen atoms in total. The van der Waals surface area contributed by atoms with Crippen LogP contribution in [-0.2, 0) is 6.54 Å². The van der Waals surface area contributed by atoms with Gasteiger partial charge in [0, 0.05) is 30.7 Å². The van der Waals surface area contributed by atoms with Crippen molar-refractivity contribution < 1.29 is 9.18 Å². The molecule has 0 radical (unpaired) electrons. The van der Waals surface area contributed by atoms with Crippen molar-refractivity contribution in [3.05, 3.63) is 54.9 Å². The number of rotatable bonds is 3. The van der Waals surface area contributed by atoms with Crippen molar-refractivity contribution >= 4 is 29.9 Å². The molecule has 1 atom stereocenters. The largest absolute Gasteiger partial charge is 0.354 e. The molecule has 9 heteroatoms. The number of carbonyl (C=O) groups excluding carboxylic acids is 1. The van der Waals surface area contributed by atoms with Gasteiger partial charge in [-0.2, -0.15) is 0 Å². The molecule has 5 rings (SSSR count). The summed E-state index contributed by atoms with van der Waals surface area (Å²) in [4.78, 5) is 29.3. The maximum atomic E-state index is 13.4. The van der Waals surface area contributed by atoms with Crippen LogP contribution in [0.25, 0.3) is 11.3 Å². The van der Waals surface area contributed by atoms with Crippen LogP contribution in [0.5, 0.6) is 0 Å². The molecule has 2 aliphatic rings. The molecular formula is C19H18ClFN6O. The molecule has 2 aliphatic heterocycles. The van der Waals surface area contributed by atoms with E-state index in [1.54, 1.807) is 40.3 Å². The lowest BCUT2D eigenvalue weighted by atomic mass is 10.2. The topological polar surface area (TPSA) is 67.2 Å². The fraction of sp³-hybridized carbons (Fsp3) is 0.263. The predicted octanol–water partition coefficient (Wildman–Crippen LogP) is 3.30. The van der Waals surface area contributed by atoms with Gasteiger partial charge in [-0.25, -0.2) is 19.2 Å². The van der Waals surface area contributed by atoms with Crippen LogP contribution in [0.4, 0.5) is 20.7 Å². The van der Waals surface area contributed by atoms with Gasteiger partial charge in [-0.15, -0.1) is 12.4 Å². The monoisotopic (exact) mass is 400 g/mol. The van der Waals surface area contributed by atoms with Gasteiger partial charge in [-0.3, -0.25) is 14.5 Å². The number of fused-ring (bicyclic) bond motifs is 1. The highest BCUT2D eigenvalue weighted by atomic mass is 35.5. The predicted molar refractivity (Wildman–Crippen MR) is 106 cm³/mol. The molecule has 1 fully saturated rings. The van der Waals surface area contributed by atoms with Crippen LogP contribution >= 0.6 is 12.4 Å². The second kappa shape index (κ2) is 7.20. The first kappa shape index (κ1) is 18.4. The molecule has 1 amide bonds. The van der Waals surface area contributed by atoms with Gasteiger partial charge < -0.3 is 4.90 Å². The molecule has 3 aromatic heterocycles. The summed E-state index contributed by atoms with van der Waals surface area (Å²) < 4.78 is 14.9. The van der Waals surface area contributed by atoms with Gasteiger partial charge in [-0.05, 0) is 30.7 Å². The number of alkyl halides is 1. The maximum absolute atomic E-state index is 13.4. The minimum Gasteiger partial charge on any atom is -0.354 e. The van der Waals surface area contributed by atoms with Crippen LogP contribution in [0.2, 0.25) is 0 Å². The zero-order chi connectivity index (χ0) is 18.4. The minimum atomic E-state index is -0.781. The van der Waals surface area contributed by atoms with Crippen molar-refractivity contribution in [3.63, 3.8) is 0 Å². The molecule has 144 valence electrons. The average molecular weight is 401 g/mol. The lowest BCUT2D eigenvalue weighted by Gasteiger charge is -2.16. The summed E-state index contributed by atoms with van der Waals surface area (Å²) in [5.74, 6) is 1.45. The fourth-order valence-electron chi connectivity index (χ4n) is 3.54. The smallest absolute Gasteiger partial charge is 0.334 e. The lowest BCUT2D eigenvalue weighted by Crippen LogP contribution is -2.25. The second-order valence-corrected chi connectivity index (χ2v) is 6.73. The van der Waals surface area contributed by atoms with Crippen molar-refractivity contribution in [1.29, 1.82) is 0 Å². The SMILES string of the molecule is Cl.O=C1N(c2cccnc2)Cc2nc(-c3ccc(N4CC[C@H](F)C4)nc3)cn21. The zero-order valence-corrected chi connectivity index (χ0v) is 15.7. The fourth-order valence-corrected chi connectivity index (χ4v) is 3.54. The zero-order valence-electron chi connectivity index (χ0n) is 14.9. The van der Waals surface area contributed by atoms with E-state index in [1.807, 2.05) is 23.1 Å². The van der Waals surface area contributed by atoms with E-state index < -0.39 is 6.17 Å². The van der Waals surface area contributed by atoms with Crippen molar-refractivity contribution in [2.45, 2.75) is 19.1 Å². The number of hydrogen-bond acceptors (Lipinski definition) is 5. The van der Waals surface area contributed by atoms with Crippen LogP contribution in [0.15, 0.2) is 49.1 Å². The number of aromatic nitrogens is 4. The summed E-state index contributed by atoms with van der Waals surface area (Å²) in [6, 6.07) is 7.29. The molecule has 1 saturated heterocycles. The van der Waals surface area contributed by atoms with Gasteiger partial charge in [-0.1, -0.05) is 0 Å². The van der Waals surface area contributed by atoms with Crippen LogP contribution in [-0.4, -0.2) is 44.8 Å². The van der Waals surface area contributed by atoms with Crippen molar-refractivity contribution in [1.82, 2.24) is 19.5 Å². The molecule has 0 aliphatic carbocycles. The Kier molecular flexibility index (Phi) is 4.72. The second-order valence-electron chi connectivity index (χ2n) is 6.73. The van der Waals surface area contributed by atoms with E-state index in [-0.39, 0.29) is 18.4 Å². The van der Waals surface area contributed by atoms with Gasteiger partial charge in [0.25, 0.3) is 0 Å². The quantitative estimate of drug-likeness (QED) is 0.674. The van der Waals surface area contributed by atoms with E-state index in [0.29, 0.717) is 37.6 Å². The van der Waals surface area contributed by atoms with E-state index in [1.165, 1.54) is 0 Å². The van der Waals surface area contributed by atoms with E-state index in [0.717, 1.165) is 17.1 Å². The highest BCUT2D eigenvalue weighted by Gasteiger charge is 2.30. The third kappa shape index (κ3) is 3.09. The number of hydrogen-bond donors (Lipinski definition) is 0. The third-order valence-electron chi connectivity index (χ3n) is 4.97. The lowest BCUT2D eigenvalue weighted by molar-refractivity contribution is 0.251. The van der Waals surface area contributed by atoms with Crippen molar-refractivity contribution in [2.24, 2.45) is 0 Å². The average Bonchev–Trinajstić information content (AvgIpc) is 3.39. The Morgan fingerprint density at radius 1 is 1.18 bits per heavy atom. The summed E-state index contributed by atoms with van der Waals surface area (Å²) in [5, 5.41) is 0. The van der Waals surface area contributed by atoms with Crippen LogP contribution in [0, 0.1) is 0 Å². The highest BCUT2D eigenvalue weighted by molar-refractivity contribution is 5.96. The van der Waals surface area contributed by atoms with Gasteiger partial charge in [0.15, 0.2) is 0 Å². The number of imidazole rings is 1. The number of halogens is 2. The highest BCUT2D eigenvalue weighted by Crippen LogP contribution is 2.28. The van der Waals surface area contributed by atoms with Crippen molar-refractivity contribution in [2.75, 3.05) is 22.9 Å². The first-order valence-corrected chi connectivity index (χ1v) is 8.84. The van der Waals surface area contributed by atoms with E-state index in [4.69, 9.17) is 0 Å². The van der Waals surface area contributed by atoms with E-state index in [2.05, 4.69) is 15.0 Å². The Labute approximate surface area is 167 Å². The first-order valence-electron chi connectivity index (χ1n) is 8.84. The molecule has 28 heavy (non-hydrogen) atoms. The Bertz CT molecular complexity index is 993. The maximum Gasteiger partial charge on any atom is 0.334 e. The molecule has 3 aromatic rings. The summed E-state index contributed by atoms with van der Waals surface area (Å²) in [7, 11) is 0. The summed E-state index contributed by atoms with van der Waals surface area (Å²) >= 11 is 0. The molecule has 0 spiro atoms. The van der Waals surface area contributed by atoms with Gasteiger partial charge in [0.1, 0.15) is 17.8 Å².